The summed E-state index contributed by atoms with van der Waals surface area (Å²) < 4.78 is -0.0724. The lowest BCUT2D eigenvalue weighted by atomic mass is 9.73. The highest BCUT2D eigenvalue weighted by molar-refractivity contribution is 14.1. The number of halogens is 1. The predicted molar refractivity (Wildman–Crippen MR) is 75.8 cm³/mol. The maximum absolute atomic E-state index is 12.2. The second-order valence-corrected chi connectivity index (χ2v) is 6.32. The molecule has 1 aliphatic carbocycles. The number of nitrogens with two attached hydrogens (primary N) is 2. The van der Waals surface area contributed by atoms with Gasteiger partial charge < -0.3 is 11.5 Å². The molecule has 0 aromatic rings. The summed E-state index contributed by atoms with van der Waals surface area (Å²) in [6.45, 7) is 2.04. The number of hydrogen-bond donors (Lipinski definition) is 2. The van der Waals surface area contributed by atoms with Gasteiger partial charge in [-0.15, -0.1) is 0 Å². The SMILES string of the molecule is CC1CCC(C(CCC(N)=O)C(N)=O)C(=O)C1I. The van der Waals surface area contributed by atoms with E-state index in [0.717, 1.165) is 6.42 Å². The number of Topliss-reactive ketones (excluding diaryl/α,β-unsaturated/α-hetero) is 1. The Morgan fingerprint density at radius 3 is 2.50 bits per heavy atom. The van der Waals surface area contributed by atoms with E-state index in [1.807, 2.05) is 6.92 Å². The van der Waals surface area contributed by atoms with Gasteiger partial charge in [0.25, 0.3) is 0 Å². The molecule has 2 amide bonds. The average molecular weight is 366 g/mol. The fourth-order valence-corrected chi connectivity index (χ4v) is 3.28. The van der Waals surface area contributed by atoms with E-state index >= 15 is 0 Å². The molecule has 18 heavy (non-hydrogen) atoms. The summed E-state index contributed by atoms with van der Waals surface area (Å²) in [4.78, 5) is 34.4. The monoisotopic (exact) mass is 366 g/mol. The third-order valence-corrected chi connectivity index (χ3v) is 5.46. The minimum Gasteiger partial charge on any atom is -0.370 e. The number of amides is 2. The standard InChI is InChI=1S/C12H19IN2O3/c1-6-2-3-7(11(17)10(6)13)8(12(15)18)4-5-9(14)16/h6-8,10H,2-5H2,1H3,(H2,14,16)(H2,15,18). The highest BCUT2D eigenvalue weighted by Crippen LogP contribution is 2.36. The molecule has 0 bridgehead atoms. The Kier molecular flexibility index (Phi) is 5.55. The van der Waals surface area contributed by atoms with Gasteiger partial charge in [-0.25, -0.2) is 0 Å². The fraction of sp³-hybridized carbons (Fsp3) is 0.750. The molecule has 0 spiro atoms. The van der Waals surface area contributed by atoms with Crippen molar-refractivity contribution in [3.63, 3.8) is 0 Å². The number of ketones is 1. The molecule has 0 radical (unpaired) electrons. The molecule has 0 heterocycles. The lowest BCUT2D eigenvalue weighted by Crippen LogP contribution is -2.42. The Balaban J connectivity index is 2.76. The first-order valence-corrected chi connectivity index (χ1v) is 7.34. The van der Waals surface area contributed by atoms with Crippen molar-refractivity contribution in [2.45, 2.75) is 36.5 Å². The minimum atomic E-state index is -0.560. The molecule has 0 aromatic carbocycles. The van der Waals surface area contributed by atoms with Gasteiger partial charge >= 0.3 is 0 Å². The van der Waals surface area contributed by atoms with Crippen LogP contribution in [-0.2, 0) is 14.4 Å². The first-order valence-electron chi connectivity index (χ1n) is 6.10. The second kappa shape index (κ2) is 6.49. The predicted octanol–water partition coefficient (Wildman–Crippen LogP) is 0.772. The molecule has 0 aliphatic heterocycles. The summed E-state index contributed by atoms with van der Waals surface area (Å²) >= 11 is 2.13. The van der Waals surface area contributed by atoms with Gasteiger partial charge in [0.2, 0.25) is 11.8 Å². The van der Waals surface area contributed by atoms with Crippen LogP contribution < -0.4 is 11.5 Å². The topological polar surface area (TPSA) is 103 Å². The summed E-state index contributed by atoms with van der Waals surface area (Å²) in [5, 5.41) is 0. The highest BCUT2D eigenvalue weighted by Gasteiger charge is 2.40. The van der Waals surface area contributed by atoms with E-state index in [9.17, 15) is 14.4 Å². The van der Waals surface area contributed by atoms with E-state index in [1.54, 1.807) is 0 Å². The van der Waals surface area contributed by atoms with Crippen molar-refractivity contribution >= 4 is 40.2 Å². The molecule has 1 rings (SSSR count). The molecule has 5 nitrogen and oxygen atoms in total. The molecule has 1 aliphatic rings. The number of primary amides is 2. The van der Waals surface area contributed by atoms with E-state index in [1.165, 1.54) is 0 Å². The van der Waals surface area contributed by atoms with Crippen molar-refractivity contribution in [3.05, 3.63) is 0 Å². The zero-order valence-corrected chi connectivity index (χ0v) is 12.6. The van der Waals surface area contributed by atoms with E-state index in [-0.39, 0.29) is 28.5 Å². The van der Waals surface area contributed by atoms with Crippen LogP contribution in [0.1, 0.15) is 32.6 Å². The van der Waals surface area contributed by atoms with E-state index in [0.29, 0.717) is 12.3 Å². The van der Waals surface area contributed by atoms with E-state index < -0.39 is 17.7 Å². The van der Waals surface area contributed by atoms with Gasteiger partial charge in [-0.3, -0.25) is 14.4 Å². The lowest BCUT2D eigenvalue weighted by molar-refractivity contribution is -0.134. The third-order valence-electron chi connectivity index (χ3n) is 3.62. The van der Waals surface area contributed by atoms with Crippen molar-refractivity contribution in [3.8, 4) is 0 Å². The van der Waals surface area contributed by atoms with Crippen LogP contribution >= 0.6 is 22.6 Å². The Bertz CT molecular complexity index is 359. The Labute approximate surface area is 120 Å². The van der Waals surface area contributed by atoms with Gasteiger partial charge in [0, 0.05) is 18.3 Å². The summed E-state index contributed by atoms with van der Waals surface area (Å²) in [5.41, 5.74) is 10.4. The Morgan fingerprint density at radius 1 is 1.39 bits per heavy atom. The first-order chi connectivity index (χ1) is 8.34. The highest BCUT2D eigenvalue weighted by atomic mass is 127. The van der Waals surface area contributed by atoms with Crippen molar-refractivity contribution in [1.82, 2.24) is 0 Å². The Hall–Kier alpha value is -0.660. The molecule has 4 N–H and O–H groups in total. The van der Waals surface area contributed by atoms with E-state index in [2.05, 4.69) is 22.6 Å². The average Bonchev–Trinajstić information content (AvgIpc) is 2.28. The molecule has 4 unspecified atom stereocenters. The van der Waals surface area contributed by atoms with Gasteiger partial charge in [-0.2, -0.15) is 0 Å². The molecule has 0 saturated heterocycles. The molecule has 102 valence electrons. The van der Waals surface area contributed by atoms with Crippen molar-refractivity contribution in [2.24, 2.45) is 29.2 Å². The molecule has 4 atom stereocenters. The van der Waals surface area contributed by atoms with Crippen LogP contribution in [0.5, 0.6) is 0 Å². The van der Waals surface area contributed by atoms with Crippen molar-refractivity contribution in [1.29, 1.82) is 0 Å². The summed E-state index contributed by atoms with van der Waals surface area (Å²) in [7, 11) is 0. The van der Waals surface area contributed by atoms with Crippen LogP contribution in [0.4, 0.5) is 0 Å². The van der Waals surface area contributed by atoms with Crippen LogP contribution in [0, 0.1) is 17.8 Å². The normalized spacial score (nSPS) is 29.9. The molecular weight excluding hydrogens is 347 g/mol. The van der Waals surface area contributed by atoms with Crippen LogP contribution in [0.15, 0.2) is 0 Å². The third kappa shape index (κ3) is 3.66. The summed E-state index contributed by atoms with van der Waals surface area (Å²) in [5.74, 6) is -1.46. The summed E-state index contributed by atoms with van der Waals surface area (Å²) in [6.07, 6.45) is 1.95. The van der Waals surface area contributed by atoms with Crippen LogP contribution in [0.3, 0.4) is 0 Å². The fourth-order valence-electron chi connectivity index (χ4n) is 2.45. The zero-order chi connectivity index (χ0) is 13.9. The zero-order valence-electron chi connectivity index (χ0n) is 10.4. The molecule has 6 heteroatoms. The molecule has 0 aromatic heterocycles. The maximum Gasteiger partial charge on any atom is 0.221 e. The van der Waals surface area contributed by atoms with Crippen LogP contribution in [-0.4, -0.2) is 21.5 Å². The van der Waals surface area contributed by atoms with Gasteiger partial charge in [-0.05, 0) is 25.2 Å². The minimum absolute atomic E-state index is 0.0724. The Morgan fingerprint density at radius 2 is 2.00 bits per heavy atom. The summed E-state index contributed by atoms with van der Waals surface area (Å²) in [6, 6.07) is 0. The number of carbonyl (C=O) groups is 3. The van der Waals surface area contributed by atoms with Crippen molar-refractivity contribution in [2.75, 3.05) is 0 Å². The van der Waals surface area contributed by atoms with Crippen LogP contribution in [0.2, 0.25) is 0 Å². The van der Waals surface area contributed by atoms with Crippen molar-refractivity contribution < 1.29 is 14.4 Å². The maximum atomic E-state index is 12.2. The number of rotatable bonds is 5. The van der Waals surface area contributed by atoms with E-state index in [4.69, 9.17) is 11.5 Å². The molecule has 1 saturated carbocycles. The number of hydrogen-bond acceptors (Lipinski definition) is 3. The molecule has 1 fully saturated rings. The van der Waals surface area contributed by atoms with Crippen LogP contribution in [0.25, 0.3) is 0 Å². The van der Waals surface area contributed by atoms with Gasteiger partial charge in [-0.1, -0.05) is 29.5 Å². The smallest absolute Gasteiger partial charge is 0.221 e. The lowest BCUT2D eigenvalue weighted by Gasteiger charge is -2.33. The quantitative estimate of drug-likeness (QED) is 0.555. The second-order valence-electron chi connectivity index (χ2n) is 4.98. The van der Waals surface area contributed by atoms with Gasteiger partial charge in [0.1, 0.15) is 5.78 Å². The number of alkyl halides is 1. The van der Waals surface area contributed by atoms with Gasteiger partial charge in [0.05, 0.1) is 3.92 Å². The first kappa shape index (κ1) is 15.4. The largest absolute Gasteiger partial charge is 0.370 e. The number of carbonyl (C=O) groups excluding carboxylic acids is 3. The molecular formula is C12H19IN2O3. The van der Waals surface area contributed by atoms with Gasteiger partial charge in [0.15, 0.2) is 0 Å².